The maximum atomic E-state index is 10.0. The van der Waals surface area contributed by atoms with Gasteiger partial charge in [-0.3, -0.25) is 14.6 Å². The zero-order valence-corrected chi connectivity index (χ0v) is 33.1. The molecule has 0 radical (unpaired) electrons. The van der Waals surface area contributed by atoms with Crippen molar-refractivity contribution in [1.82, 2.24) is 25.0 Å². The zero-order chi connectivity index (χ0) is 38.5. The van der Waals surface area contributed by atoms with Crippen LogP contribution in [0.4, 0.5) is 0 Å². The molecule has 0 spiro atoms. The Hall–Kier alpha value is -4.06. The van der Waals surface area contributed by atoms with Gasteiger partial charge in [0.2, 0.25) is 0 Å². The molecule has 11 nitrogen and oxygen atoms in total. The lowest BCUT2D eigenvalue weighted by Gasteiger charge is -2.34. The summed E-state index contributed by atoms with van der Waals surface area (Å²) in [5, 5.41) is 48.6. The van der Waals surface area contributed by atoms with Crippen molar-refractivity contribution in [2.45, 2.75) is 82.5 Å². The zero-order valence-electron chi connectivity index (χ0n) is 30.8. The van der Waals surface area contributed by atoms with Crippen LogP contribution in [-0.2, 0) is 19.8 Å². The summed E-state index contributed by atoms with van der Waals surface area (Å²) < 4.78 is 15.7. The standard InChI is InChI=1S/C42H46BrClN6O5/c1-42(25-51,26-52)47-20-30-15-37(44)40(16-39(30)54-23-28-14-27(17-45)18-46-19-28)55-24-29-4-2-6-35(41(29)43)34-5-3-7-38-36(34)21-48-50(38)32-10-8-31(9-11-32)49-13-12-33(53)22-49/h2-7,14-16,18-19,21,31-33,47,51-53H,8-13,20,22-26H2,1H3/t31-,32-,33-/m1/s1. The molecule has 0 bridgehead atoms. The summed E-state index contributed by atoms with van der Waals surface area (Å²) in [5.74, 6) is 0.917. The molecule has 1 saturated carbocycles. The summed E-state index contributed by atoms with van der Waals surface area (Å²) >= 11 is 10.7. The van der Waals surface area contributed by atoms with E-state index in [4.69, 9.17) is 26.2 Å². The third-order valence-electron chi connectivity index (χ3n) is 11.0. The molecule has 1 atom stereocenters. The molecule has 0 unspecified atom stereocenters. The molecule has 4 N–H and O–H groups in total. The number of aromatic nitrogens is 3. The Morgan fingerprint density at radius 2 is 1.67 bits per heavy atom. The Bertz CT molecular complexity index is 2160. The highest BCUT2D eigenvalue weighted by molar-refractivity contribution is 9.10. The molecule has 55 heavy (non-hydrogen) atoms. The number of benzene rings is 3. The molecule has 1 aliphatic carbocycles. The minimum atomic E-state index is -0.914. The Balaban J connectivity index is 1.09. The number of nitrogens with zero attached hydrogens (tertiary/aromatic N) is 5. The van der Waals surface area contributed by atoms with Crippen molar-refractivity contribution < 1.29 is 24.8 Å². The van der Waals surface area contributed by atoms with Crippen LogP contribution >= 0.6 is 27.5 Å². The monoisotopic (exact) mass is 828 g/mol. The minimum absolute atomic E-state index is 0.147. The third kappa shape index (κ3) is 8.84. The number of fused-ring (bicyclic) bond motifs is 1. The first-order chi connectivity index (χ1) is 26.7. The van der Waals surface area contributed by atoms with Gasteiger partial charge in [0.15, 0.2) is 0 Å². The molecule has 1 saturated heterocycles. The molecular weight excluding hydrogens is 784 g/mol. The van der Waals surface area contributed by atoms with Crippen LogP contribution in [0.5, 0.6) is 11.5 Å². The summed E-state index contributed by atoms with van der Waals surface area (Å²) in [6.45, 7) is 3.60. The molecule has 2 aromatic heterocycles. The minimum Gasteiger partial charge on any atom is -0.488 e. The van der Waals surface area contributed by atoms with Crippen LogP contribution in [0.1, 0.15) is 67.3 Å². The summed E-state index contributed by atoms with van der Waals surface area (Å²) in [6, 6.07) is 20.7. The Labute approximate surface area is 334 Å². The molecule has 3 aromatic carbocycles. The number of nitriles is 1. The highest BCUT2D eigenvalue weighted by atomic mass is 79.9. The molecule has 7 rings (SSSR count). The number of hydrogen-bond acceptors (Lipinski definition) is 10. The van der Waals surface area contributed by atoms with Crippen molar-refractivity contribution in [3.8, 4) is 28.7 Å². The number of hydrogen-bond donors (Lipinski definition) is 4. The average Bonchev–Trinajstić information content (AvgIpc) is 3.86. The summed E-state index contributed by atoms with van der Waals surface area (Å²) in [4.78, 5) is 6.60. The Kier molecular flexibility index (Phi) is 12.4. The Morgan fingerprint density at radius 3 is 2.42 bits per heavy atom. The van der Waals surface area contributed by atoms with Gasteiger partial charge in [-0.25, -0.2) is 0 Å². The van der Waals surface area contributed by atoms with Crippen LogP contribution < -0.4 is 14.8 Å². The van der Waals surface area contributed by atoms with Gasteiger partial charge in [-0.15, -0.1) is 0 Å². The first-order valence-electron chi connectivity index (χ1n) is 18.7. The predicted octanol–water partition coefficient (Wildman–Crippen LogP) is 6.93. The fourth-order valence-corrected chi connectivity index (χ4v) is 8.47. The molecule has 288 valence electrons. The van der Waals surface area contributed by atoms with E-state index < -0.39 is 5.54 Å². The number of likely N-dealkylation sites (tertiary alicyclic amines) is 1. The maximum absolute atomic E-state index is 10.0. The summed E-state index contributed by atoms with van der Waals surface area (Å²) in [5.41, 5.74) is 5.10. The number of nitrogens with one attached hydrogen (secondary N) is 1. The number of pyridine rings is 1. The second kappa shape index (κ2) is 17.4. The molecular formula is C42H46BrClN6O5. The van der Waals surface area contributed by atoms with Crippen LogP contribution in [0, 0.1) is 11.3 Å². The molecule has 1 aliphatic heterocycles. The smallest absolute Gasteiger partial charge is 0.142 e. The van der Waals surface area contributed by atoms with Crippen molar-refractivity contribution >= 4 is 38.4 Å². The van der Waals surface area contributed by atoms with Crippen LogP contribution in [0.2, 0.25) is 5.02 Å². The van der Waals surface area contributed by atoms with Crippen LogP contribution in [-0.4, -0.2) is 79.0 Å². The van der Waals surface area contributed by atoms with Crippen molar-refractivity contribution in [3.05, 3.63) is 105 Å². The number of β-amino-alcohol motifs (C(OH)–C–C–N with tert-alkyl or cyclic N) is 1. The van der Waals surface area contributed by atoms with E-state index >= 15 is 0 Å². The highest BCUT2D eigenvalue weighted by Gasteiger charge is 2.32. The number of aliphatic hydroxyl groups is 3. The maximum Gasteiger partial charge on any atom is 0.142 e. The predicted molar refractivity (Wildman–Crippen MR) is 215 cm³/mol. The van der Waals surface area contributed by atoms with Gasteiger partial charge in [0, 0.05) is 70.7 Å². The lowest BCUT2D eigenvalue weighted by Crippen LogP contribution is -2.48. The van der Waals surface area contributed by atoms with Gasteiger partial charge in [-0.2, -0.15) is 10.4 Å². The van der Waals surface area contributed by atoms with Crippen LogP contribution in [0.25, 0.3) is 22.0 Å². The van der Waals surface area contributed by atoms with Crippen LogP contribution in [0.15, 0.2) is 77.7 Å². The quantitative estimate of drug-likeness (QED) is 0.0929. The van der Waals surface area contributed by atoms with Crippen LogP contribution in [0.3, 0.4) is 0 Å². The molecule has 3 heterocycles. The Morgan fingerprint density at radius 1 is 0.927 bits per heavy atom. The van der Waals surface area contributed by atoms with E-state index in [1.807, 2.05) is 18.3 Å². The molecule has 2 aliphatic rings. The first kappa shape index (κ1) is 39.2. The molecule has 5 aromatic rings. The number of halogens is 2. The lowest BCUT2D eigenvalue weighted by atomic mass is 9.90. The largest absolute Gasteiger partial charge is 0.488 e. The average molecular weight is 830 g/mol. The van der Waals surface area contributed by atoms with Crippen molar-refractivity contribution in [2.75, 3.05) is 26.3 Å². The number of aliphatic hydroxyl groups excluding tert-OH is 3. The van der Waals surface area contributed by atoms with E-state index in [-0.39, 0.29) is 39.1 Å². The van der Waals surface area contributed by atoms with E-state index in [1.165, 1.54) is 6.20 Å². The van der Waals surface area contributed by atoms with Gasteiger partial charge in [-0.1, -0.05) is 41.9 Å². The SMILES string of the molecule is CC(CO)(CO)NCc1cc(Cl)c(OCc2cccc(-c3cccc4c3cnn4[C@H]3CC[C@H](N4CC[C@@H](O)C4)CC3)c2Br)cc1OCc1cncc(C#N)c1. The first-order valence-corrected chi connectivity index (χ1v) is 19.9. The van der Waals surface area contributed by atoms with E-state index in [0.717, 1.165) is 82.8 Å². The lowest BCUT2D eigenvalue weighted by molar-refractivity contribution is 0.103. The normalized spacial score (nSPS) is 19.1. The van der Waals surface area contributed by atoms with Gasteiger partial charge >= 0.3 is 0 Å². The molecule has 13 heteroatoms. The van der Waals surface area contributed by atoms with Gasteiger partial charge in [-0.05, 0) is 84.3 Å². The van der Waals surface area contributed by atoms with E-state index in [9.17, 15) is 20.6 Å². The highest BCUT2D eigenvalue weighted by Crippen LogP contribution is 2.40. The fraction of sp³-hybridized carbons (Fsp3) is 0.405. The van der Waals surface area contributed by atoms with Gasteiger partial charge in [0.25, 0.3) is 0 Å². The van der Waals surface area contributed by atoms with Crippen molar-refractivity contribution in [1.29, 1.82) is 5.26 Å². The number of ether oxygens (including phenoxy) is 2. The van der Waals surface area contributed by atoms with Gasteiger partial charge in [0.05, 0.1) is 53.2 Å². The summed E-state index contributed by atoms with van der Waals surface area (Å²) in [6.07, 6.45) is 10.2. The third-order valence-corrected chi connectivity index (χ3v) is 12.2. The van der Waals surface area contributed by atoms with E-state index in [0.29, 0.717) is 39.7 Å². The van der Waals surface area contributed by atoms with Gasteiger partial charge < -0.3 is 30.1 Å². The van der Waals surface area contributed by atoms with E-state index in [1.54, 1.807) is 31.3 Å². The van der Waals surface area contributed by atoms with Crippen molar-refractivity contribution in [3.63, 3.8) is 0 Å². The van der Waals surface area contributed by atoms with E-state index in [2.05, 4.69) is 66.1 Å². The topological polar surface area (TPSA) is 149 Å². The molecule has 0 amide bonds. The summed E-state index contributed by atoms with van der Waals surface area (Å²) in [7, 11) is 0. The second-order valence-electron chi connectivity index (χ2n) is 14.9. The second-order valence-corrected chi connectivity index (χ2v) is 16.1. The van der Waals surface area contributed by atoms with Crippen molar-refractivity contribution in [2.24, 2.45) is 0 Å². The number of rotatable bonds is 14. The van der Waals surface area contributed by atoms with Gasteiger partial charge in [0.1, 0.15) is 30.8 Å². The molecule has 2 fully saturated rings. The fourth-order valence-electron chi connectivity index (χ4n) is 7.64.